The molecule has 232 valence electrons. The van der Waals surface area contributed by atoms with E-state index in [1.54, 1.807) is 0 Å². The molecule has 0 aliphatic heterocycles. The van der Waals surface area contributed by atoms with Crippen LogP contribution in [0.1, 0.15) is 194 Å². The van der Waals surface area contributed by atoms with Gasteiger partial charge in [0.05, 0.1) is 5.75 Å². The van der Waals surface area contributed by atoms with Crippen molar-refractivity contribution in [2.45, 2.75) is 194 Å². The standard InChI is InChI=1S/C34H66O4S/c1-3-5-7-9-11-13-15-17-19-20-22-24-26-28-30-32-34(35)38-39(36,37)33-31-29-27-25-23-21-18-16-14-12-10-8-6-4-2/h17,19H,3-16,18,20-33H2,1-2H3/b19-17-. The SMILES string of the molecule is CCCCCCCC/C=C\CCCCCCCC(=O)OS(=O)(=O)CCCCCCCCCCCCCCCC. The molecule has 0 atom stereocenters. The second kappa shape index (κ2) is 30.1. The van der Waals surface area contributed by atoms with Crippen LogP contribution in [-0.2, 0) is 19.1 Å². The van der Waals surface area contributed by atoms with E-state index in [2.05, 4.69) is 26.0 Å². The molecule has 5 heteroatoms. The van der Waals surface area contributed by atoms with Crippen LogP contribution in [0, 0.1) is 0 Å². The number of carbonyl (C=O) groups is 1. The summed E-state index contributed by atoms with van der Waals surface area (Å²) in [7, 11) is -3.72. The highest BCUT2D eigenvalue weighted by Gasteiger charge is 2.16. The summed E-state index contributed by atoms with van der Waals surface area (Å²) in [5, 5.41) is 0. The fourth-order valence-electron chi connectivity index (χ4n) is 5.04. The molecule has 0 amide bonds. The minimum atomic E-state index is -3.72. The lowest BCUT2D eigenvalue weighted by atomic mass is 10.0. The Hall–Kier alpha value is -0.840. The number of hydrogen-bond donors (Lipinski definition) is 0. The average molecular weight is 571 g/mol. The number of hydrogen-bond acceptors (Lipinski definition) is 4. The third kappa shape index (κ3) is 31.5. The molecule has 0 saturated carbocycles. The number of allylic oxidation sites excluding steroid dienone is 2. The summed E-state index contributed by atoms with van der Waals surface area (Å²) in [4.78, 5) is 11.9. The van der Waals surface area contributed by atoms with E-state index in [0.29, 0.717) is 12.8 Å². The van der Waals surface area contributed by atoms with Crippen molar-refractivity contribution in [1.29, 1.82) is 0 Å². The lowest BCUT2D eigenvalue weighted by Gasteiger charge is -2.06. The van der Waals surface area contributed by atoms with E-state index < -0.39 is 16.1 Å². The Kier molecular flexibility index (Phi) is 29.5. The van der Waals surface area contributed by atoms with Gasteiger partial charge >= 0.3 is 16.1 Å². The van der Waals surface area contributed by atoms with Crippen molar-refractivity contribution in [3.63, 3.8) is 0 Å². The Morgan fingerprint density at radius 3 is 1.23 bits per heavy atom. The summed E-state index contributed by atoms with van der Waals surface area (Å²) in [5.41, 5.74) is 0. The van der Waals surface area contributed by atoms with Crippen molar-refractivity contribution in [2.24, 2.45) is 0 Å². The molecule has 0 aromatic heterocycles. The highest BCUT2D eigenvalue weighted by Crippen LogP contribution is 2.14. The van der Waals surface area contributed by atoms with Crippen molar-refractivity contribution in [1.82, 2.24) is 0 Å². The molecule has 0 aromatic carbocycles. The molecule has 39 heavy (non-hydrogen) atoms. The normalized spacial score (nSPS) is 11.9. The number of carbonyl (C=O) groups excluding carboxylic acids is 1. The fourth-order valence-corrected chi connectivity index (χ4v) is 6.05. The first-order chi connectivity index (χ1) is 19.0. The van der Waals surface area contributed by atoms with Crippen molar-refractivity contribution in [3.05, 3.63) is 12.2 Å². The maximum absolute atomic E-state index is 12.1. The molecule has 0 bridgehead atoms. The minimum absolute atomic E-state index is 0.0385. The van der Waals surface area contributed by atoms with E-state index in [4.69, 9.17) is 4.18 Å². The first-order valence-electron chi connectivity index (χ1n) is 17.1. The van der Waals surface area contributed by atoms with Crippen LogP contribution >= 0.6 is 0 Å². The summed E-state index contributed by atoms with van der Waals surface area (Å²) in [6.07, 6.45) is 37.6. The Morgan fingerprint density at radius 2 is 0.821 bits per heavy atom. The van der Waals surface area contributed by atoms with Gasteiger partial charge in [0.2, 0.25) is 0 Å². The van der Waals surface area contributed by atoms with Crippen LogP contribution in [0.25, 0.3) is 0 Å². The molecule has 0 radical (unpaired) electrons. The molecular formula is C34H66O4S. The van der Waals surface area contributed by atoms with Crippen LogP contribution in [0.5, 0.6) is 0 Å². The van der Waals surface area contributed by atoms with Gasteiger partial charge in [0.15, 0.2) is 0 Å². The van der Waals surface area contributed by atoms with Gasteiger partial charge in [-0.15, -0.1) is 0 Å². The maximum Gasteiger partial charge on any atom is 0.322 e. The molecule has 0 N–H and O–H groups in total. The molecule has 0 fully saturated rings. The van der Waals surface area contributed by atoms with Gasteiger partial charge in [-0.3, -0.25) is 4.79 Å². The first kappa shape index (κ1) is 38.2. The number of rotatable bonds is 31. The van der Waals surface area contributed by atoms with E-state index in [0.717, 1.165) is 38.5 Å². The zero-order valence-electron chi connectivity index (χ0n) is 26.2. The zero-order valence-corrected chi connectivity index (χ0v) is 27.0. The molecule has 0 saturated heterocycles. The van der Waals surface area contributed by atoms with Gasteiger partial charge in [0, 0.05) is 6.42 Å². The Balaban J connectivity index is 3.47. The predicted octanol–water partition coefficient (Wildman–Crippen LogP) is 11.4. The molecule has 0 aromatic rings. The maximum atomic E-state index is 12.1. The summed E-state index contributed by atoms with van der Waals surface area (Å²) in [5.74, 6) is -0.624. The van der Waals surface area contributed by atoms with Gasteiger partial charge < -0.3 is 4.18 Å². The highest BCUT2D eigenvalue weighted by molar-refractivity contribution is 7.87. The largest absolute Gasteiger partial charge is 0.346 e. The van der Waals surface area contributed by atoms with E-state index in [-0.39, 0.29) is 12.2 Å². The van der Waals surface area contributed by atoms with Gasteiger partial charge in [0.25, 0.3) is 0 Å². The summed E-state index contributed by atoms with van der Waals surface area (Å²) >= 11 is 0. The Labute approximate surface area is 244 Å². The van der Waals surface area contributed by atoms with Crippen LogP contribution in [0.2, 0.25) is 0 Å². The summed E-state index contributed by atoms with van der Waals surface area (Å²) in [6.45, 7) is 4.52. The van der Waals surface area contributed by atoms with E-state index in [1.807, 2.05) is 0 Å². The monoisotopic (exact) mass is 570 g/mol. The van der Waals surface area contributed by atoms with Crippen molar-refractivity contribution in [3.8, 4) is 0 Å². The van der Waals surface area contributed by atoms with Gasteiger partial charge in [-0.2, -0.15) is 8.42 Å². The van der Waals surface area contributed by atoms with Crippen molar-refractivity contribution in [2.75, 3.05) is 5.75 Å². The molecule has 0 unspecified atom stereocenters. The molecule has 4 nitrogen and oxygen atoms in total. The summed E-state index contributed by atoms with van der Waals surface area (Å²) in [6, 6.07) is 0. The minimum Gasteiger partial charge on any atom is -0.346 e. The Morgan fingerprint density at radius 1 is 0.487 bits per heavy atom. The van der Waals surface area contributed by atoms with Gasteiger partial charge in [-0.1, -0.05) is 161 Å². The lowest BCUT2D eigenvalue weighted by molar-refractivity contribution is -0.133. The molecule has 0 aliphatic carbocycles. The van der Waals surface area contributed by atoms with Crippen LogP contribution in [-0.4, -0.2) is 20.1 Å². The smallest absolute Gasteiger partial charge is 0.322 e. The first-order valence-corrected chi connectivity index (χ1v) is 18.7. The van der Waals surface area contributed by atoms with Crippen LogP contribution < -0.4 is 0 Å². The molecular weight excluding hydrogens is 504 g/mol. The third-order valence-corrected chi connectivity index (χ3v) is 8.84. The third-order valence-electron chi connectivity index (χ3n) is 7.61. The van der Waals surface area contributed by atoms with Crippen LogP contribution in [0.15, 0.2) is 12.2 Å². The van der Waals surface area contributed by atoms with E-state index in [9.17, 15) is 13.2 Å². The molecule has 0 heterocycles. The predicted molar refractivity (Wildman–Crippen MR) is 170 cm³/mol. The molecule has 0 aliphatic rings. The van der Waals surface area contributed by atoms with Crippen molar-refractivity contribution >= 4 is 16.1 Å². The fraction of sp³-hybridized carbons (Fsp3) is 0.912. The van der Waals surface area contributed by atoms with E-state index in [1.165, 1.54) is 122 Å². The Bertz CT molecular complexity index is 642. The number of unbranched alkanes of at least 4 members (excludes halogenated alkanes) is 24. The van der Waals surface area contributed by atoms with Gasteiger partial charge in [-0.05, 0) is 38.5 Å². The highest BCUT2D eigenvalue weighted by atomic mass is 32.2. The average Bonchev–Trinajstić information content (AvgIpc) is 2.90. The second-order valence-electron chi connectivity index (χ2n) is 11.6. The quantitative estimate of drug-likeness (QED) is 0.0472. The molecule has 0 spiro atoms. The van der Waals surface area contributed by atoms with E-state index >= 15 is 0 Å². The molecule has 0 rings (SSSR count). The van der Waals surface area contributed by atoms with Crippen LogP contribution in [0.3, 0.4) is 0 Å². The van der Waals surface area contributed by atoms with Gasteiger partial charge in [0.1, 0.15) is 0 Å². The van der Waals surface area contributed by atoms with Crippen molar-refractivity contribution < 1.29 is 17.4 Å². The zero-order chi connectivity index (χ0) is 28.7. The lowest BCUT2D eigenvalue weighted by Crippen LogP contribution is -2.16. The topological polar surface area (TPSA) is 60.4 Å². The van der Waals surface area contributed by atoms with Gasteiger partial charge in [-0.25, -0.2) is 0 Å². The van der Waals surface area contributed by atoms with Crippen LogP contribution in [0.4, 0.5) is 0 Å². The second-order valence-corrected chi connectivity index (χ2v) is 13.3. The summed E-state index contributed by atoms with van der Waals surface area (Å²) < 4.78 is 28.9.